The Bertz CT molecular complexity index is 669. The molecule has 2 N–H and O–H groups in total. The van der Waals surface area contributed by atoms with Gasteiger partial charge in [0, 0.05) is 24.7 Å². The molecule has 0 saturated carbocycles. The molecule has 0 bridgehead atoms. The van der Waals surface area contributed by atoms with Gasteiger partial charge in [0.25, 0.3) is 5.91 Å². The normalized spacial score (nSPS) is 19.3. The van der Waals surface area contributed by atoms with E-state index < -0.39 is 10.0 Å². The van der Waals surface area contributed by atoms with Crippen LogP contribution in [0.5, 0.6) is 0 Å². The second kappa shape index (κ2) is 8.95. The number of sulfonamides is 1. The molecule has 2 aliphatic heterocycles. The number of halogens is 1. The molecule has 0 unspecified atom stereocenters. The van der Waals surface area contributed by atoms with Crippen LogP contribution in [0.3, 0.4) is 0 Å². The third-order valence-corrected chi connectivity index (χ3v) is 5.91. The van der Waals surface area contributed by atoms with E-state index in [-0.39, 0.29) is 29.3 Å². The van der Waals surface area contributed by atoms with E-state index in [2.05, 4.69) is 10.0 Å². The molecule has 0 radical (unpaired) electrons. The zero-order valence-corrected chi connectivity index (χ0v) is 15.6. The SMILES string of the molecule is Cl.O=C(c1ccc(S(=O)(=O)NC2CCNCC2)cc1)N1CCOCC1. The van der Waals surface area contributed by atoms with Crippen molar-refractivity contribution in [2.45, 2.75) is 23.8 Å². The smallest absolute Gasteiger partial charge is 0.254 e. The first-order valence-electron chi connectivity index (χ1n) is 8.26. The lowest BCUT2D eigenvalue weighted by Crippen LogP contribution is -2.42. The van der Waals surface area contributed by atoms with Gasteiger partial charge in [-0.3, -0.25) is 4.79 Å². The van der Waals surface area contributed by atoms with E-state index in [9.17, 15) is 13.2 Å². The lowest BCUT2D eigenvalue weighted by molar-refractivity contribution is 0.0303. The van der Waals surface area contributed by atoms with Crippen LogP contribution in [0.25, 0.3) is 0 Å². The predicted octanol–water partition coefficient (Wildman–Crippen LogP) is 0.611. The number of amides is 1. The van der Waals surface area contributed by atoms with Crippen LogP contribution in [-0.2, 0) is 14.8 Å². The highest BCUT2D eigenvalue weighted by atomic mass is 35.5. The van der Waals surface area contributed by atoms with Crippen molar-refractivity contribution in [2.24, 2.45) is 0 Å². The van der Waals surface area contributed by atoms with Crippen LogP contribution < -0.4 is 10.0 Å². The van der Waals surface area contributed by atoms with Crippen LogP contribution in [0.15, 0.2) is 29.2 Å². The van der Waals surface area contributed by atoms with Crippen molar-refractivity contribution in [2.75, 3.05) is 39.4 Å². The highest BCUT2D eigenvalue weighted by Crippen LogP contribution is 2.15. The molecule has 0 aliphatic carbocycles. The molecule has 2 heterocycles. The summed E-state index contributed by atoms with van der Waals surface area (Å²) in [7, 11) is -3.55. The number of rotatable bonds is 4. The maximum atomic E-state index is 12.4. The van der Waals surface area contributed by atoms with Gasteiger partial charge < -0.3 is 15.0 Å². The fourth-order valence-corrected chi connectivity index (χ4v) is 4.26. The minimum absolute atomic E-state index is 0. The van der Waals surface area contributed by atoms with Crippen molar-refractivity contribution < 1.29 is 17.9 Å². The topological polar surface area (TPSA) is 87.7 Å². The summed E-state index contributed by atoms with van der Waals surface area (Å²) in [4.78, 5) is 14.3. The zero-order chi connectivity index (χ0) is 17.0. The van der Waals surface area contributed by atoms with Crippen LogP contribution in [0.4, 0.5) is 0 Å². The molecule has 1 aromatic rings. The largest absolute Gasteiger partial charge is 0.378 e. The maximum Gasteiger partial charge on any atom is 0.254 e. The number of benzene rings is 1. The molecule has 2 aliphatic rings. The molecule has 9 heteroatoms. The minimum Gasteiger partial charge on any atom is -0.378 e. The van der Waals surface area contributed by atoms with Crippen molar-refractivity contribution in [1.82, 2.24) is 14.9 Å². The zero-order valence-electron chi connectivity index (χ0n) is 13.9. The van der Waals surface area contributed by atoms with E-state index in [4.69, 9.17) is 4.74 Å². The maximum absolute atomic E-state index is 12.4. The number of ether oxygens (including phenoxy) is 1. The molecule has 25 heavy (non-hydrogen) atoms. The number of carbonyl (C=O) groups is 1. The number of piperidine rings is 1. The minimum atomic E-state index is -3.55. The average Bonchev–Trinajstić information content (AvgIpc) is 2.62. The number of carbonyl (C=O) groups excluding carboxylic acids is 1. The molecule has 7 nitrogen and oxygen atoms in total. The summed E-state index contributed by atoms with van der Waals surface area (Å²) >= 11 is 0. The van der Waals surface area contributed by atoms with Gasteiger partial charge in [0.05, 0.1) is 18.1 Å². The predicted molar refractivity (Wildman–Crippen MR) is 96.6 cm³/mol. The third kappa shape index (κ3) is 5.15. The van der Waals surface area contributed by atoms with Gasteiger partial charge in [-0.1, -0.05) is 0 Å². The molecule has 0 spiro atoms. The molecule has 2 saturated heterocycles. The monoisotopic (exact) mass is 389 g/mol. The van der Waals surface area contributed by atoms with Crippen LogP contribution >= 0.6 is 12.4 Å². The van der Waals surface area contributed by atoms with Crippen molar-refractivity contribution in [3.63, 3.8) is 0 Å². The summed E-state index contributed by atoms with van der Waals surface area (Å²) in [5, 5.41) is 3.21. The number of morpholine rings is 1. The highest BCUT2D eigenvalue weighted by Gasteiger charge is 2.23. The summed E-state index contributed by atoms with van der Waals surface area (Å²) < 4.78 is 32.9. The van der Waals surface area contributed by atoms with E-state index in [0.717, 1.165) is 25.9 Å². The number of hydrogen-bond donors (Lipinski definition) is 2. The van der Waals surface area contributed by atoms with Gasteiger partial charge in [0.2, 0.25) is 10.0 Å². The van der Waals surface area contributed by atoms with E-state index in [1.807, 2.05) is 0 Å². The third-order valence-electron chi connectivity index (χ3n) is 4.37. The Labute approximate surface area is 154 Å². The summed E-state index contributed by atoms with van der Waals surface area (Å²) in [5.74, 6) is -0.0893. The Morgan fingerprint density at radius 1 is 1.12 bits per heavy atom. The Hall–Kier alpha value is -1.19. The van der Waals surface area contributed by atoms with Gasteiger partial charge in [0.15, 0.2) is 0 Å². The molecule has 0 atom stereocenters. The fraction of sp³-hybridized carbons (Fsp3) is 0.562. The Balaban J connectivity index is 0.00000225. The van der Waals surface area contributed by atoms with Gasteiger partial charge in [-0.15, -0.1) is 12.4 Å². The van der Waals surface area contributed by atoms with Crippen LogP contribution in [0.1, 0.15) is 23.2 Å². The molecule has 140 valence electrons. The van der Waals surface area contributed by atoms with Crippen LogP contribution in [0.2, 0.25) is 0 Å². The van der Waals surface area contributed by atoms with Crippen LogP contribution in [-0.4, -0.2) is 64.7 Å². The number of hydrogen-bond acceptors (Lipinski definition) is 5. The number of nitrogens with zero attached hydrogens (tertiary/aromatic N) is 1. The quantitative estimate of drug-likeness (QED) is 0.787. The second-order valence-electron chi connectivity index (χ2n) is 6.07. The van der Waals surface area contributed by atoms with Gasteiger partial charge in [-0.2, -0.15) is 0 Å². The lowest BCUT2D eigenvalue weighted by atomic mass is 10.1. The Morgan fingerprint density at radius 2 is 1.72 bits per heavy atom. The molecular formula is C16H24ClN3O4S. The Morgan fingerprint density at radius 3 is 2.32 bits per heavy atom. The number of nitrogens with one attached hydrogen (secondary N) is 2. The van der Waals surface area contributed by atoms with E-state index in [1.54, 1.807) is 17.0 Å². The van der Waals surface area contributed by atoms with Crippen molar-refractivity contribution >= 4 is 28.3 Å². The van der Waals surface area contributed by atoms with E-state index in [1.165, 1.54) is 12.1 Å². The van der Waals surface area contributed by atoms with Gasteiger partial charge in [0.1, 0.15) is 0 Å². The lowest BCUT2D eigenvalue weighted by Gasteiger charge is -2.27. The van der Waals surface area contributed by atoms with Crippen molar-refractivity contribution in [3.05, 3.63) is 29.8 Å². The first kappa shape index (κ1) is 20.1. The van der Waals surface area contributed by atoms with Crippen molar-refractivity contribution in [3.8, 4) is 0 Å². The standard InChI is InChI=1S/C16H23N3O4S.ClH/c20-16(19-9-11-23-12-10-19)13-1-3-15(4-2-13)24(21,22)18-14-5-7-17-8-6-14;/h1-4,14,17-18H,5-12H2;1H. The first-order chi connectivity index (χ1) is 11.6. The molecule has 1 amide bonds. The summed E-state index contributed by atoms with van der Waals surface area (Å²) in [6.45, 7) is 3.85. The Kier molecular flexibility index (Phi) is 7.21. The van der Waals surface area contributed by atoms with E-state index in [0.29, 0.717) is 31.9 Å². The van der Waals surface area contributed by atoms with Gasteiger partial charge in [-0.25, -0.2) is 13.1 Å². The fourth-order valence-electron chi connectivity index (χ4n) is 2.95. The van der Waals surface area contributed by atoms with Gasteiger partial charge in [-0.05, 0) is 50.2 Å². The molecular weight excluding hydrogens is 366 g/mol. The van der Waals surface area contributed by atoms with E-state index >= 15 is 0 Å². The average molecular weight is 390 g/mol. The highest BCUT2D eigenvalue weighted by molar-refractivity contribution is 7.89. The first-order valence-corrected chi connectivity index (χ1v) is 9.75. The molecule has 3 rings (SSSR count). The molecule has 1 aromatic carbocycles. The second-order valence-corrected chi connectivity index (χ2v) is 7.79. The summed E-state index contributed by atoms with van der Waals surface area (Å²) in [6, 6.07) is 6.11. The molecule has 2 fully saturated rings. The summed E-state index contributed by atoms with van der Waals surface area (Å²) in [5.41, 5.74) is 0.498. The molecule has 0 aromatic heterocycles. The van der Waals surface area contributed by atoms with Crippen LogP contribution in [0, 0.1) is 0 Å². The van der Waals surface area contributed by atoms with Gasteiger partial charge >= 0.3 is 0 Å². The summed E-state index contributed by atoms with van der Waals surface area (Å²) in [6.07, 6.45) is 1.57. The van der Waals surface area contributed by atoms with Crippen molar-refractivity contribution in [1.29, 1.82) is 0 Å².